The SMILES string of the molecule is C[C@@H]1[C@H](Cn2cnc(Cl)c2Cl)O[C@H](c2cccc(NC(=O)c3ccccc3)c2)O[C@@H]1c1ccc(CO)cc1. The normalized spacial score (nSPS) is 21.3. The van der Waals surface area contributed by atoms with Crippen molar-refractivity contribution in [2.24, 2.45) is 5.92 Å². The van der Waals surface area contributed by atoms with Crippen molar-refractivity contribution in [3.63, 3.8) is 0 Å². The Morgan fingerprint density at radius 1 is 1.00 bits per heavy atom. The van der Waals surface area contributed by atoms with Gasteiger partial charge in [0.2, 0.25) is 0 Å². The molecule has 9 heteroatoms. The van der Waals surface area contributed by atoms with Crippen LogP contribution in [0, 0.1) is 5.92 Å². The zero-order chi connectivity index (χ0) is 26.6. The molecule has 0 unspecified atom stereocenters. The van der Waals surface area contributed by atoms with Gasteiger partial charge in [-0.1, -0.05) is 84.7 Å². The first-order valence-corrected chi connectivity index (χ1v) is 13.0. The van der Waals surface area contributed by atoms with Crippen molar-refractivity contribution in [3.8, 4) is 0 Å². The quantitative estimate of drug-likeness (QED) is 0.276. The summed E-state index contributed by atoms with van der Waals surface area (Å²) in [4.78, 5) is 16.8. The molecule has 0 saturated carbocycles. The van der Waals surface area contributed by atoms with E-state index in [2.05, 4.69) is 17.2 Å². The van der Waals surface area contributed by atoms with Crippen molar-refractivity contribution >= 4 is 34.8 Å². The fourth-order valence-electron chi connectivity index (χ4n) is 4.55. The van der Waals surface area contributed by atoms with Crippen LogP contribution in [0.15, 0.2) is 85.2 Å². The number of aliphatic hydroxyl groups excluding tert-OH is 1. The molecule has 1 amide bonds. The number of imidazole rings is 1. The highest BCUT2D eigenvalue weighted by Gasteiger charge is 2.39. The monoisotopic (exact) mass is 551 g/mol. The summed E-state index contributed by atoms with van der Waals surface area (Å²) in [6.07, 6.45) is 0.300. The second-order valence-corrected chi connectivity index (χ2v) is 9.96. The standard InChI is InChI=1S/C29H27Cl2N3O4/c1-18-24(15-34-17-32-26(30)27(34)31)37-29(38-25(18)20-12-10-19(16-35)11-13-20)22-8-5-9-23(14-22)33-28(36)21-6-3-2-4-7-21/h2-14,17-18,24-25,29,35H,15-16H2,1H3,(H,33,36)/t18-,24+,25+,29+/m1/s1. The maximum atomic E-state index is 12.7. The molecule has 3 aromatic carbocycles. The van der Waals surface area contributed by atoms with Gasteiger partial charge >= 0.3 is 0 Å². The third-order valence-corrected chi connectivity index (χ3v) is 7.45. The van der Waals surface area contributed by atoms with Gasteiger partial charge < -0.3 is 24.5 Å². The molecule has 1 aliphatic heterocycles. The first-order chi connectivity index (χ1) is 18.4. The summed E-state index contributed by atoms with van der Waals surface area (Å²) in [5.74, 6) is -0.252. The summed E-state index contributed by atoms with van der Waals surface area (Å²) in [5.41, 5.74) is 3.75. The number of rotatable bonds is 7. The van der Waals surface area contributed by atoms with Crippen LogP contribution in [0.2, 0.25) is 10.3 Å². The molecule has 1 aliphatic rings. The second kappa shape index (κ2) is 11.7. The smallest absolute Gasteiger partial charge is 0.255 e. The Bertz CT molecular complexity index is 1390. The number of carbonyl (C=O) groups excluding carboxylic acids is 1. The van der Waals surface area contributed by atoms with E-state index in [1.807, 2.05) is 66.7 Å². The highest BCUT2D eigenvalue weighted by molar-refractivity contribution is 6.40. The second-order valence-electron chi connectivity index (χ2n) is 9.25. The van der Waals surface area contributed by atoms with Gasteiger partial charge in [-0.05, 0) is 35.4 Å². The van der Waals surface area contributed by atoms with Crippen LogP contribution in [-0.4, -0.2) is 26.7 Å². The Labute approximate surface area is 230 Å². The summed E-state index contributed by atoms with van der Waals surface area (Å²) >= 11 is 12.4. The maximum Gasteiger partial charge on any atom is 0.255 e. The van der Waals surface area contributed by atoms with Gasteiger partial charge in [0.25, 0.3) is 5.91 Å². The van der Waals surface area contributed by atoms with Gasteiger partial charge in [0.15, 0.2) is 11.4 Å². The highest BCUT2D eigenvalue weighted by Crippen LogP contribution is 2.42. The lowest BCUT2D eigenvalue weighted by atomic mass is 9.90. The lowest BCUT2D eigenvalue weighted by Crippen LogP contribution is -2.39. The number of hydrogen-bond donors (Lipinski definition) is 2. The predicted octanol–water partition coefficient (Wildman–Crippen LogP) is 6.43. The number of aromatic nitrogens is 2. The highest BCUT2D eigenvalue weighted by atomic mass is 35.5. The Balaban J connectivity index is 1.42. The van der Waals surface area contributed by atoms with Gasteiger partial charge in [0.05, 0.1) is 31.7 Å². The number of nitrogens with zero attached hydrogens (tertiary/aromatic N) is 2. The minimum absolute atomic E-state index is 0.0307. The fraction of sp³-hybridized carbons (Fsp3) is 0.241. The predicted molar refractivity (Wildman–Crippen MR) is 146 cm³/mol. The molecule has 0 bridgehead atoms. The van der Waals surface area contributed by atoms with E-state index < -0.39 is 6.29 Å². The molecule has 0 radical (unpaired) electrons. The van der Waals surface area contributed by atoms with Crippen LogP contribution < -0.4 is 5.32 Å². The van der Waals surface area contributed by atoms with Gasteiger partial charge in [-0.3, -0.25) is 4.79 Å². The lowest BCUT2D eigenvalue weighted by molar-refractivity contribution is -0.276. The average Bonchev–Trinajstić information content (AvgIpc) is 3.27. The van der Waals surface area contributed by atoms with Crippen LogP contribution in [0.5, 0.6) is 0 Å². The van der Waals surface area contributed by atoms with E-state index in [0.717, 1.165) is 16.7 Å². The zero-order valence-electron chi connectivity index (χ0n) is 20.6. The largest absolute Gasteiger partial charge is 0.392 e. The van der Waals surface area contributed by atoms with Crippen LogP contribution in [-0.2, 0) is 22.6 Å². The Kier molecular flexibility index (Phi) is 8.12. The maximum absolute atomic E-state index is 12.7. The third-order valence-electron chi connectivity index (χ3n) is 6.69. The van der Waals surface area contributed by atoms with E-state index in [9.17, 15) is 9.90 Å². The summed E-state index contributed by atoms with van der Waals surface area (Å²) in [5, 5.41) is 13.0. The van der Waals surface area contributed by atoms with Crippen LogP contribution in [0.3, 0.4) is 0 Å². The lowest BCUT2D eigenvalue weighted by Gasteiger charge is -2.41. The Morgan fingerprint density at radius 2 is 1.76 bits per heavy atom. The van der Waals surface area contributed by atoms with E-state index in [0.29, 0.717) is 22.9 Å². The van der Waals surface area contributed by atoms with Crippen LogP contribution >= 0.6 is 23.2 Å². The van der Waals surface area contributed by atoms with E-state index in [4.69, 9.17) is 32.7 Å². The Morgan fingerprint density at radius 3 is 2.45 bits per heavy atom. The molecule has 5 rings (SSSR count). The zero-order valence-corrected chi connectivity index (χ0v) is 22.1. The topological polar surface area (TPSA) is 85.6 Å². The van der Waals surface area contributed by atoms with Crippen molar-refractivity contribution in [2.45, 2.75) is 38.6 Å². The molecular weight excluding hydrogens is 525 g/mol. The molecule has 2 heterocycles. The molecular formula is C29H27Cl2N3O4. The van der Waals surface area contributed by atoms with Crippen molar-refractivity contribution in [1.29, 1.82) is 0 Å². The Hall–Kier alpha value is -3.20. The summed E-state index contributed by atoms with van der Waals surface area (Å²) in [7, 11) is 0. The van der Waals surface area contributed by atoms with Gasteiger partial charge in [-0.15, -0.1) is 0 Å². The van der Waals surface area contributed by atoms with Gasteiger partial charge in [0.1, 0.15) is 5.15 Å². The van der Waals surface area contributed by atoms with Crippen LogP contribution in [0.1, 0.15) is 46.4 Å². The summed E-state index contributed by atoms with van der Waals surface area (Å²) in [6, 6.07) is 24.2. The number of anilines is 1. The molecule has 1 aromatic heterocycles. The number of halogens is 2. The molecule has 1 fully saturated rings. The van der Waals surface area contributed by atoms with Crippen LogP contribution in [0.4, 0.5) is 5.69 Å². The first-order valence-electron chi connectivity index (χ1n) is 12.3. The van der Waals surface area contributed by atoms with Crippen LogP contribution in [0.25, 0.3) is 0 Å². The van der Waals surface area contributed by atoms with Gasteiger partial charge in [0, 0.05) is 22.7 Å². The van der Waals surface area contributed by atoms with Gasteiger partial charge in [-0.2, -0.15) is 0 Å². The molecule has 1 saturated heterocycles. The number of aliphatic hydroxyl groups is 1. The minimum atomic E-state index is -0.704. The minimum Gasteiger partial charge on any atom is -0.392 e. The summed E-state index contributed by atoms with van der Waals surface area (Å²) < 4.78 is 14.7. The fourth-order valence-corrected chi connectivity index (χ4v) is 4.86. The molecule has 2 N–H and O–H groups in total. The number of nitrogens with one attached hydrogen (secondary N) is 1. The molecule has 7 nitrogen and oxygen atoms in total. The first kappa shape index (κ1) is 26.4. The molecule has 4 atom stereocenters. The van der Waals surface area contributed by atoms with E-state index in [1.165, 1.54) is 0 Å². The van der Waals surface area contributed by atoms with Crippen molar-refractivity contribution in [1.82, 2.24) is 9.55 Å². The van der Waals surface area contributed by atoms with Gasteiger partial charge in [-0.25, -0.2) is 4.98 Å². The molecule has 0 aliphatic carbocycles. The number of amides is 1. The molecule has 4 aromatic rings. The van der Waals surface area contributed by atoms with Crippen molar-refractivity contribution in [3.05, 3.63) is 118 Å². The third kappa shape index (κ3) is 5.77. The number of ether oxygens (including phenoxy) is 2. The molecule has 196 valence electrons. The number of benzene rings is 3. The average molecular weight is 552 g/mol. The van der Waals surface area contributed by atoms with E-state index in [1.54, 1.807) is 23.0 Å². The summed E-state index contributed by atoms with van der Waals surface area (Å²) in [6.45, 7) is 2.46. The number of hydrogen-bond acceptors (Lipinski definition) is 5. The van der Waals surface area contributed by atoms with Crippen molar-refractivity contribution < 1.29 is 19.4 Å². The van der Waals surface area contributed by atoms with E-state index >= 15 is 0 Å². The number of carbonyl (C=O) groups is 1. The van der Waals surface area contributed by atoms with Crippen molar-refractivity contribution in [2.75, 3.05) is 5.32 Å². The molecule has 0 spiro atoms. The molecule has 38 heavy (non-hydrogen) atoms. The van der Waals surface area contributed by atoms with E-state index in [-0.39, 0.29) is 35.8 Å².